The Kier molecular flexibility index (Phi) is 12.9. The first-order valence-electron chi connectivity index (χ1n) is 2.20. The number of hydrogen-bond acceptors (Lipinski definition) is 5. The molecule has 0 aromatic carbocycles. The topological polar surface area (TPSA) is 106 Å². The van der Waals surface area contributed by atoms with Crippen LogP contribution in [0.25, 0.3) is 0 Å². The van der Waals surface area contributed by atoms with Crippen LogP contribution < -0.4 is 53.7 Å². The van der Waals surface area contributed by atoms with Crippen LogP contribution >= 0.6 is 0 Å². The zero-order valence-corrected chi connectivity index (χ0v) is 6.49. The van der Waals surface area contributed by atoms with Crippen LogP contribution in [-0.4, -0.2) is 18.0 Å². The van der Waals surface area contributed by atoms with E-state index in [1.54, 1.807) is 0 Å². The van der Waals surface area contributed by atoms with E-state index >= 15 is 0 Å². The summed E-state index contributed by atoms with van der Waals surface area (Å²) in [6.07, 6.45) is -0.706. The third-order valence-corrected chi connectivity index (χ3v) is 0.689. The van der Waals surface area contributed by atoms with Gasteiger partial charge in [-0.2, -0.15) is 0 Å². The molecule has 0 bridgehead atoms. The summed E-state index contributed by atoms with van der Waals surface area (Å²) in [5, 5.41) is 19.3. The zero-order chi connectivity index (χ0) is 7.44. The molecule has 0 aliphatic heterocycles. The van der Waals surface area contributed by atoms with Gasteiger partial charge in [0.1, 0.15) is 0 Å². The fourth-order valence-corrected chi connectivity index (χ4v) is 0.263. The van der Waals surface area contributed by atoms with Gasteiger partial charge in [0.25, 0.3) is 0 Å². The number of hydrogen-bond donors (Lipinski definition) is 1. The molecule has 0 aromatic rings. The largest absolute Gasteiger partial charge is 1.00 e. The van der Waals surface area contributed by atoms with Gasteiger partial charge in [0.05, 0.1) is 5.97 Å². The summed E-state index contributed by atoms with van der Waals surface area (Å²) in [6.45, 7) is 0. The Morgan fingerprint density at radius 2 is 1.64 bits per heavy atom. The van der Waals surface area contributed by atoms with Crippen molar-refractivity contribution in [1.82, 2.24) is 0 Å². The number of carbonyl (C=O) groups excluding carboxylic acids is 2. The minimum Gasteiger partial charge on any atom is -0.550 e. The van der Waals surface area contributed by atoms with Crippen molar-refractivity contribution in [2.75, 3.05) is 0 Å². The average molecular weight is 145 g/mol. The van der Waals surface area contributed by atoms with Crippen LogP contribution in [0.15, 0.2) is 0 Å². The predicted octanol–water partition coefficient (Wildman–Crippen LogP) is -9.79. The third kappa shape index (κ3) is 10.1. The van der Waals surface area contributed by atoms with Gasteiger partial charge in [0.2, 0.25) is 0 Å². The molecule has 0 spiro atoms. The molecular formula is C4H5Li2NO4. The van der Waals surface area contributed by atoms with Gasteiger partial charge >= 0.3 is 37.7 Å². The summed E-state index contributed by atoms with van der Waals surface area (Å²) in [6, 6.07) is -1.46. The smallest absolute Gasteiger partial charge is 0.550 e. The van der Waals surface area contributed by atoms with Crippen LogP contribution in [-0.2, 0) is 9.59 Å². The van der Waals surface area contributed by atoms with E-state index in [9.17, 15) is 19.8 Å². The average Bonchev–Trinajstić information content (AvgIpc) is 1.63. The number of carboxylic acids is 2. The van der Waals surface area contributed by atoms with Crippen LogP contribution in [0, 0.1) is 0 Å². The molecule has 7 heteroatoms. The maximum absolute atomic E-state index is 9.71. The number of nitrogens with two attached hydrogens (primary N) is 1. The molecule has 0 amide bonds. The Bertz CT molecular complexity index is 140. The maximum atomic E-state index is 9.71. The van der Waals surface area contributed by atoms with Crippen LogP contribution in [0.3, 0.4) is 0 Å². The number of carbonyl (C=O) groups is 2. The summed E-state index contributed by atoms with van der Waals surface area (Å²) in [5.41, 5.74) is 4.73. The van der Waals surface area contributed by atoms with Gasteiger partial charge in [-0.25, -0.2) is 0 Å². The van der Waals surface area contributed by atoms with E-state index in [1.807, 2.05) is 0 Å². The summed E-state index contributed by atoms with van der Waals surface area (Å²) < 4.78 is 0. The molecule has 1 atom stereocenters. The molecule has 0 heterocycles. The van der Waals surface area contributed by atoms with Gasteiger partial charge in [-0.3, -0.25) is 0 Å². The molecule has 11 heavy (non-hydrogen) atoms. The fourth-order valence-electron chi connectivity index (χ4n) is 0.263. The summed E-state index contributed by atoms with van der Waals surface area (Å²) in [4.78, 5) is 19.3. The van der Waals surface area contributed by atoms with Crippen LogP contribution in [0.1, 0.15) is 6.42 Å². The third-order valence-electron chi connectivity index (χ3n) is 0.689. The molecular weight excluding hydrogens is 140 g/mol. The normalized spacial score (nSPS) is 10.3. The van der Waals surface area contributed by atoms with Gasteiger partial charge in [-0.15, -0.1) is 0 Å². The molecule has 0 fully saturated rings. The molecule has 52 valence electrons. The van der Waals surface area contributed by atoms with Crippen molar-refractivity contribution in [3.8, 4) is 0 Å². The van der Waals surface area contributed by atoms with Gasteiger partial charge < -0.3 is 25.5 Å². The monoisotopic (exact) mass is 145 g/mol. The second-order valence-electron chi connectivity index (χ2n) is 1.50. The summed E-state index contributed by atoms with van der Waals surface area (Å²) in [5.74, 6) is -3.08. The second kappa shape index (κ2) is 8.19. The van der Waals surface area contributed by atoms with Crippen molar-refractivity contribution >= 4 is 11.9 Å². The second-order valence-corrected chi connectivity index (χ2v) is 1.50. The van der Waals surface area contributed by atoms with Crippen molar-refractivity contribution in [2.45, 2.75) is 12.5 Å². The first-order valence-corrected chi connectivity index (χ1v) is 2.20. The molecule has 0 unspecified atom stereocenters. The Labute approximate surface area is 87.7 Å². The fraction of sp³-hybridized carbons (Fsp3) is 0.500. The van der Waals surface area contributed by atoms with Gasteiger partial charge in [-0.1, -0.05) is 0 Å². The van der Waals surface area contributed by atoms with E-state index in [1.165, 1.54) is 0 Å². The molecule has 2 N–H and O–H groups in total. The minimum absolute atomic E-state index is 0. The van der Waals surface area contributed by atoms with E-state index in [-0.39, 0.29) is 37.7 Å². The summed E-state index contributed by atoms with van der Waals surface area (Å²) >= 11 is 0. The number of aliphatic carboxylic acids is 2. The maximum Gasteiger partial charge on any atom is 1.00 e. The van der Waals surface area contributed by atoms with Crippen molar-refractivity contribution in [1.29, 1.82) is 0 Å². The number of carboxylic acid groups (broad SMARTS) is 2. The Morgan fingerprint density at radius 3 is 1.73 bits per heavy atom. The molecule has 0 aromatic heterocycles. The van der Waals surface area contributed by atoms with E-state index in [4.69, 9.17) is 5.73 Å². The van der Waals surface area contributed by atoms with Crippen molar-refractivity contribution in [3.05, 3.63) is 0 Å². The molecule has 0 rings (SSSR count). The molecule has 0 saturated carbocycles. The first-order chi connectivity index (χ1) is 4.04. The molecule has 0 saturated heterocycles. The van der Waals surface area contributed by atoms with E-state index in [2.05, 4.69) is 0 Å². The first kappa shape index (κ1) is 17.3. The van der Waals surface area contributed by atoms with Gasteiger partial charge in [0, 0.05) is 18.4 Å². The van der Waals surface area contributed by atoms with E-state index in [0.717, 1.165) is 0 Å². The van der Waals surface area contributed by atoms with Gasteiger partial charge in [-0.05, 0) is 0 Å². The zero-order valence-electron chi connectivity index (χ0n) is 6.49. The van der Waals surface area contributed by atoms with E-state index in [0.29, 0.717) is 0 Å². The Hall–Kier alpha value is 0.0948. The van der Waals surface area contributed by atoms with Crippen molar-refractivity contribution in [3.63, 3.8) is 0 Å². The van der Waals surface area contributed by atoms with Crippen molar-refractivity contribution < 1.29 is 57.5 Å². The van der Waals surface area contributed by atoms with Crippen LogP contribution in [0.5, 0.6) is 0 Å². The van der Waals surface area contributed by atoms with Crippen LogP contribution in [0.2, 0.25) is 0 Å². The Balaban J connectivity index is -0.000000320. The Morgan fingerprint density at radius 1 is 1.27 bits per heavy atom. The number of rotatable bonds is 3. The van der Waals surface area contributed by atoms with E-state index < -0.39 is 24.4 Å². The molecule has 0 aliphatic rings. The minimum atomic E-state index is -1.58. The standard InChI is InChI=1S/C4H7NO4.2Li/c5-2(4(8)9)1-3(6)7;;/h2H,1,5H2,(H,6,7)(H,8,9);;/q;2*+1/p-2/t2-;;/m1../s1. The molecule has 5 nitrogen and oxygen atoms in total. The molecule has 0 radical (unpaired) electrons. The SMILES string of the molecule is N[C@H](CC(=O)[O-])C(=O)[O-].[Li+].[Li+]. The van der Waals surface area contributed by atoms with Crippen LogP contribution in [0.4, 0.5) is 0 Å². The molecule has 0 aliphatic carbocycles. The van der Waals surface area contributed by atoms with Gasteiger partial charge in [0.15, 0.2) is 0 Å². The quantitative estimate of drug-likeness (QED) is 0.397. The predicted molar refractivity (Wildman–Crippen MR) is 22.6 cm³/mol. The summed E-state index contributed by atoms with van der Waals surface area (Å²) in [7, 11) is 0. The van der Waals surface area contributed by atoms with Crippen molar-refractivity contribution in [2.24, 2.45) is 5.73 Å².